The van der Waals surface area contributed by atoms with Gasteiger partial charge in [0.1, 0.15) is 11.6 Å². The number of hydrogen-bond acceptors (Lipinski definition) is 7. The van der Waals surface area contributed by atoms with E-state index in [2.05, 4.69) is 13.0 Å². The van der Waals surface area contributed by atoms with Gasteiger partial charge in [-0.1, -0.05) is 54.7 Å². The summed E-state index contributed by atoms with van der Waals surface area (Å²) in [5.74, 6) is -0.179. The molecule has 5 aromatic rings. The molecule has 3 heterocycles. The lowest BCUT2D eigenvalue weighted by Gasteiger charge is -2.21. The number of benzene rings is 3. The molecule has 0 aliphatic carbocycles. The number of ether oxygens (including phenoxy) is 1. The Morgan fingerprint density at radius 1 is 1.00 bits per heavy atom. The molecule has 6 rings (SSSR count). The number of carbonyl (C=O) groups is 1. The normalized spacial score (nSPS) is 14.5. The maximum atomic E-state index is 13.7. The van der Waals surface area contributed by atoms with Crippen LogP contribution < -0.4 is 9.75 Å². The highest BCUT2D eigenvalue weighted by Crippen LogP contribution is 2.42. The highest BCUT2D eigenvalue weighted by Gasteiger charge is 2.33. The molecule has 1 atom stereocenters. The predicted octanol–water partition coefficient (Wildman–Crippen LogP) is 8.73. The number of esters is 1. The number of hydrogen-bond donors (Lipinski definition) is 0. The van der Waals surface area contributed by atoms with Crippen LogP contribution >= 0.6 is 39.7 Å². The van der Waals surface area contributed by atoms with Crippen molar-refractivity contribution in [1.82, 2.24) is 4.98 Å². The van der Waals surface area contributed by atoms with Crippen LogP contribution in [0, 0.1) is 5.82 Å². The third-order valence-electron chi connectivity index (χ3n) is 6.52. The molecule has 0 saturated heterocycles. The molecule has 5 nitrogen and oxygen atoms in total. The van der Waals surface area contributed by atoms with Crippen LogP contribution in [0.25, 0.3) is 11.3 Å². The average Bonchev–Trinajstić information content (AvgIpc) is 3.74. The maximum Gasteiger partial charge on any atom is 0.343 e. The molecule has 0 bridgehead atoms. The quantitative estimate of drug-likeness (QED) is 0.133. The zero-order valence-corrected chi connectivity index (χ0v) is 24.8. The zero-order chi connectivity index (χ0) is 26.8. The Balaban J connectivity index is 0.00000323. The van der Waals surface area contributed by atoms with Crippen LogP contribution in [0.4, 0.5) is 9.52 Å². The second kappa shape index (κ2) is 12.2. The van der Waals surface area contributed by atoms with Crippen LogP contribution in [-0.4, -0.2) is 16.7 Å². The van der Waals surface area contributed by atoms with Gasteiger partial charge in [-0.25, -0.2) is 19.2 Å². The summed E-state index contributed by atoms with van der Waals surface area (Å²) in [6.07, 6.45) is 1.53. The first-order valence-corrected chi connectivity index (χ1v) is 14.3. The topological polar surface area (TPSA) is 54.8 Å². The number of hydrazone groups is 1. The third kappa shape index (κ3) is 5.77. The molecule has 0 N–H and O–H groups in total. The van der Waals surface area contributed by atoms with Gasteiger partial charge >= 0.3 is 5.97 Å². The van der Waals surface area contributed by atoms with Crippen LogP contribution in [-0.2, 0) is 6.42 Å². The van der Waals surface area contributed by atoms with E-state index in [1.54, 1.807) is 59.1 Å². The zero-order valence-electron chi connectivity index (χ0n) is 21.5. The van der Waals surface area contributed by atoms with Crippen molar-refractivity contribution in [3.63, 3.8) is 0 Å². The molecule has 0 fully saturated rings. The Bertz CT molecular complexity index is 1620. The van der Waals surface area contributed by atoms with Crippen LogP contribution in [0.2, 0.25) is 0 Å². The average molecular weight is 635 g/mol. The van der Waals surface area contributed by atoms with Crippen molar-refractivity contribution in [3.05, 3.63) is 123 Å². The monoisotopic (exact) mass is 633 g/mol. The molecule has 202 valence electrons. The number of thiophene rings is 1. The van der Waals surface area contributed by atoms with E-state index >= 15 is 0 Å². The molecular formula is C31H25BrFN3O2S2. The van der Waals surface area contributed by atoms with E-state index in [0.29, 0.717) is 17.7 Å². The Hall–Kier alpha value is -3.66. The van der Waals surface area contributed by atoms with Gasteiger partial charge in [-0.05, 0) is 72.0 Å². The van der Waals surface area contributed by atoms with Crippen molar-refractivity contribution in [2.24, 2.45) is 5.10 Å². The number of rotatable bonds is 7. The van der Waals surface area contributed by atoms with Crippen molar-refractivity contribution in [2.75, 3.05) is 5.01 Å². The van der Waals surface area contributed by atoms with Gasteiger partial charge < -0.3 is 4.74 Å². The van der Waals surface area contributed by atoms with Gasteiger partial charge in [0.2, 0.25) is 5.13 Å². The lowest BCUT2D eigenvalue weighted by molar-refractivity contribution is 0.0735. The molecule has 40 heavy (non-hydrogen) atoms. The van der Waals surface area contributed by atoms with E-state index < -0.39 is 5.97 Å². The van der Waals surface area contributed by atoms with Gasteiger partial charge in [-0.2, -0.15) is 5.10 Å². The minimum atomic E-state index is -0.395. The summed E-state index contributed by atoms with van der Waals surface area (Å²) in [5, 5.41) is 9.81. The first kappa shape index (κ1) is 27.9. The fourth-order valence-electron chi connectivity index (χ4n) is 4.55. The van der Waals surface area contributed by atoms with Crippen LogP contribution in [0.1, 0.15) is 45.1 Å². The number of carbonyl (C=O) groups excluding carboxylic acids is 1. The van der Waals surface area contributed by atoms with Crippen LogP contribution in [0.5, 0.6) is 5.75 Å². The number of thiazole rings is 1. The van der Waals surface area contributed by atoms with E-state index in [4.69, 9.17) is 14.8 Å². The Morgan fingerprint density at radius 3 is 2.42 bits per heavy atom. The Kier molecular flexibility index (Phi) is 8.54. The highest BCUT2D eigenvalue weighted by atomic mass is 79.9. The number of halogens is 2. The fraction of sp³-hybridized carbons (Fsp3) is 0.129. The molecule has 1 unspecified atom stereocenters. The second-order valence-electron chi connectivity index (χ2n) is 9.04. The number of aryl methyl sites for hydroxylation is 1. The molecule has 0 amide bonds. The molecule has 2 aromatic heterocycles. The first-order chi connectivity index (χ1) is 19.1. The van der Waals surface area contributed by atoms with Crippen molar-refractivity contribution >= 4 is 56.5 Å². The van der Waals surface area contributed by atoms with E-state index in [1.807, 2.05) is 46.8 Å². The van der Waals surface area contributed by atoms with Gasteiger partial charge in [0, 0.05) is 16.9 Å². The lowest BCUT2D eigenvalue weighted by atomic mass is 10.0. The standard InChI is InChI=1S/C31H24FN3O2S2.BrH/c1-2-27-29(21-12-16-24(17-13-21)37-30(36)22-7-4-3-5-8-22)33-31(39-27)35-26(20-10-14-23(32)15-11-20)19-25(34-35)28-9-6-18-38-28;/h3-18,26H,2,19H2,1H3;1H. The minimum Gasteiger partial charge on any atom is -0.423 e. The fourth-order valence-corrected chi connectivity index (χ4v) is 6.29. The highest BCUT2D eigenvalue weighted by molar-refractivity contribution is 8.93. The van der Waals surface area contributed by atoms with Crippen LogP contribution in [0.3, 0.4) is 0 Å². The number of anilines is 1. The minimum absolute atomic E-state index is 0. The molecule has 0 spiro atoms. The van der Waals surface area contributed by atoms with Crippen molar-refractivity contribution < 1.29 is 13.9 Å². The van der Waals surface area contributed by atoms with E-state index in [-0.39, 0.29) is 28.8 Å². The van der Waals surface area contributed by atoms with Crippen molar-refractivity contribution in [3.8, 4) is 17.0 Å². The SMILES string of the molecule is Br.CCc1sc(N2N=C(c3cccs3)CC2c2ccc(F)cc2)nc1-c1ccc(OC(=O)c2ccccc2)cc1. The second-order valence-corrected chi connectivity index (χ2v) is 11.1. The smallest absolute Gasteiger partial charge is 0.343 e. The molecule has 1 aliphatic rings. The van der Waals surface area contributed by atoms with Crippen LogP contribution in [0.15, 0.2) is 101 Å². The van der Waals surface area contributed by atoms with Gasteiger partial charge in [0.25, 0.3) is 0 Å². The lowest BCUT2D eigenvalue weighted by Crippen LogP contribution is -2.18. The molecule has 0 saturated carbocycles. The molecule has 0 radical (unpaired) electrons. The summed E-state index contributed by atoms with van der Waals surface area (Å²) < 4.78 is 19.2. The maximum absolute atomic E-state index is 13.7. The summed E-state index contributed by atoms with van der Waals surface area (Å²) in [6.45, 7) is 2.11. The first-order valence-electron chi connectivity index (χ1n) is 12.6. The van der Waals surface area contributed by atoms with E-state index in [1.165, 1.54) is 12.1 Å². The van der Waals surface area contributed by atoms with Crippen molar-refractivity contribution in [1.29, 1.82) is 0 Å². The van der Waals surface area contributed by atoms with Crippen molar-refractivity contribution in [2.45, 2.75) is 25.8 Å². The predicted molar refractivity (Wildman–Crippen MR) is 166 cm³/mol. The summed E-state index contributed by atoms with van der Waals surface area (Å²) in [7, 11) is 0. The molecule has 9 heteroatoms. The molecular weight excluding hydrogens is 609 g/mol. The van der Waals surface area contributed by atoms with E-state index in [9.17, 15) is 9.18 Å². The van der Waals surface area contributed by atoms with Gasteiger partial charge in [0.05, 0.1) is 27.9 Å². The summed E-state index contributed by atoms with van der Waals surface area (Å²) in [5.41, 5.74) is 4.32. The number of nitrogens with zero attached hydrogens (tertiary/aromatic N) is 3. The Morgan fingerprint density at radius 2 is 1.75 bits per heavy atom. The third-order valence-corrected chi connectivity index (χ3v) is 8.63. The summed E-state index contributed by atoms with van der Waals surface area (Å²) in [6, 6.07) is 27.0. The summed E-state index contributed by atoms with van der Waals surface area (Å²) >= 11 is 3.28. The van der Waals surface area contributed by atoms with Gasteiger partial charge in [-0.15, -0.1) is 28.3 Å². The molecule has 3 aromatic carbocycles. The molecule has 1 aliphatic heterocycles. The Labute approximate surface area is 250 Å². The van der Waals surface area contributed by atoms with Gasteiger partial charge in [-0.3, -0.25) is 0 Å². The number of aromatic nitrogens is 1. The summed E-state index contributed by atoms with van der Waals surface area (Å²) in [4.78, 5) is 19.7. The largest absolute Gasteiger partial charge is 0.423 e. The van der Waals surface area contributed by atoms with Gasteiger partial charge in [0.15, 0.2) is 0 Å². The van der Waals surface area contributed by atoms with E-state index in [0.717, 1.165) is 43.8 Å².